The molecule has 0 atom stereocenters. The van der Waals surface area contributed by atoms with Gasteiger partial charge in [-0.1, -0.05) is 52.0 Å². The van der Waals surface area contributed by atoms with E-state index in [1.54, 1.807) is 30.3 Å². The summed E-state index contributed by atoms with van der Waals surface area (Å²) in [6.07, 6.45) is 0. The third kappa shape index (κ3) is 10.5. The van der Waals surface area contributed by atoms with Gasteiger partial charge in [0.1, 0.15) is 18.1 Å². The normalized spacial score (nSPS) is 10.3. The summed E-state index contributed by atoms with van der Waals surface area (Å²) < 4.78 is 58.2. The van der Waals surface area contributed by atoms with Crippen molar-refractivity contribution in [2.24, 2.45) is 0 Å². The number of carbonyl (C=O) groups excluding carboxylic acids is 4. The molecule has 0 aliphatic carbocycles. The highest BCUT2D eigenvalue weighted by Crippen LogP contribution is 2.24. The molecule has 7 nitrogen and oxygen atoms in total. The highest BCUT2D eigenvalue weighted by atomic mass is 79.9. The Morgan fingerprint density at radius 2 is 1.09 bits per heavy atom. The molecule has 47 heavy (non-hydrogen) atoms. The van der Waals surface area contributed by atoms with E-state index in [9.17, 15) is 36.7 Å². The summed E-state index contributed by atoms with van der Waals surface area (Å²) in [7, 11) is 0. The Hall–Kier alpha value is -5.12. The maximum absolute atomic E-state index is 12.3. The van der Waals surface area contributed by atoms with Crippen LogP contribution >= 0.6 is 15.9 Å². The van der Waals surface area contributed by atoms with E-state index in [1.165, 1.54) is 68.4 Å². The van der Waals surface area contributed by atoms with Gasteiger partial charge in [0, 0.05) is 32.3 Å². The lowest BCUT2D eigenvalue weighted by Crippen LogP contribution is -2.15. The van der Waals surface area contributed by atoms with Gasteiger partial charge in [0.15, 0.2) is 0 Å². The van der Waals surface area contributed by atoms with Crippen LogP contribution in [-0.4, -0.2) is 48.1 Å². The van der Waals surface area contributed by atoms with E-state index >= 15 is 0 Å². The Balaban J connectivity index is 0.000000257. The minimum Gasteiger partial charge on any atom is -0.435 e. The van der Waals surface area contributed by atoms with Gasteiger partial charge in [-0.15, -0.1) is 0 Å². The minimum atomic E-state index is -2.97. The molecule has 0 radical (unpaired) electrons. The van der Waals surface area contributed by atoms with Gasteiger partial charge in [0.25, 0.3) is 0 Å². The number of aliphatic hydroxyl groups excluding tert-OH is 1. The number of hydrogen-bond donors (Lipinski definition) is 1. The van der Waals surface area contributed by atoms with Crippen LogP contribution in [0.1, 0.15) is 58.1 Å². The van der Waals surface area contributed by atoms with Crippen LogP contribution in [0.4, 0.5) is 17.6 Å². The van der Waals surface area contributed by atoms with Crippen LogP contribution in [0.3, 0.4) is 0 Å². The number of benzene rings is 4. The van der Waals surface area contributed by atoms with E-state index in [0.717, 1.165) is 0 Å². The van der Waals surface area contributed by atoms with Crippen molar-refractivity contribution in [3.8, 4) is 23.3 Å². The number of rotatable bonds is 10. The Morgan fingerprint density at radius 3 is 1.49 bits per heavy atom. The first-order chi connectivity index (χ1) is 22.3. The molecule has 0 saturated carbocycles. The van der Waals surface area contributed by atoms with Gasteiger partial charge in [-0.25, -0.2) is 0 Å². The zero-order valence-electron chi connectivity index (χ0n) is 24.7. The maximum atomic E-state index is 12.3. The molecule has 0 fully saturated rings. The Bertz CT molecular complexity index is 1860. The number of ether oxygens (including phenoxy) is 2. The Kier molecular flexibility index (Phi) is 13.1. The van der Waals surface area contributed by atoms with Crippen molar-refractivity contribution in [2.75, 3.05) is 6.61 Å². The second kappa shape index (κ2) is 17.0. The molecule has 0 saturated heterocycles. The molecule has 242 valence electrons. The van der Waals surface area contributed by atoms with Gasteiger partial charge in [-0.2, -0.15) is 17.6 Å². The highest BCUT2D eigenvalue weighted by Gasteiger charge is 2.21. The van der Waals surface area contributed by atoms with Crippen LogP contribution in [0.15, 0.2) is 89.4 Å². The molecule has 0 unspecified atom stereocenters. The summed E-state index contributed by atoms with van der Waals surface area (Å²) in [6.45, 7) is -3.20. The average Bonchev–Trinajstić information content (AvgIpc) is 3.04. The monoisotopic (exact) mass is 712 g/mol. The number of halogens is 5. The smallest absolute Gasteiger partial charge is 0.387 e. The van der Waals surface area contributed by atoms with Gasteiger partial charge in [0.2, 0.25) is 23.1 Å². The van der Waals surface area contributed by atoms with Gasteiger partial charge in [0.05, 0.1) is 0 Å². The predicted octanol–water partition coefficient (Wildman–Crippen LogP) is 7.43. The maximum Gasteiger partial charge on any atom is 0.387 e. The molecule has 12 heteroatoms. The van der Waals surface area contributed by atoms with E-state index in [-0.39, 0.29) is 40.4 Å². The summed E-state index contributed by atoms with van der Waals surface area (Å²) in [5, 5.41) is 8.69. The first-order valence-corrected chi connectivity index (χ1v) is 14.3. The summed E-state index contributed by atoms with van der Waals surface area (Å²) in [5.41, 5.74) is 1.78. The lowest BCUT2D eigenvalue weighted by atomic mass is 9.99. The molecule has 0 aromatic heterocycles. The van der Waals surface area contributed by atoms with Crippen molar-refractivity contribution in [3.63, 3.8) is 0 Å². The number of aliphatic hydroxyl groups is 1. The lowest BCUT2D eigenvalue weighted by molar-refractivity contribution is -0.0509. The van der Waals surface area contributed by atoms with Crippen molar-refractivity contribution in [3.05, 3.63) is 128 Å². The summed E-state index contributed by atoms with van der Waals surface area (Å²) >= 11 is 3.23. The van der Waals surface area contributed by atoms with E-state index in [0.29, 0.717) is 21.2 Å². The molecular weight excluding hydrogens is 688 g/mol. The average molecular weight is 713 g/mol. The largest absolute Gasteiger partial charge is 0.435 e. The summed E-state index contributed by atoms with van der Waals surface area (Å²) in [6, 6.07) is 20.3. The van der Waals surface area contributed by atoms with E-state index in [4.69, 9.17) is 5.11 Å². The summed E-state index contributed by atoms with van der Waals surface area (Å²) in [4.78, 5) is 49.0. The molecule has 0 heterocycles. The lowest BCUT2D eigenvalue weighted by Gasteiger charge is -2.09. The third-order valence-electron chi connectivity index (χ3n) is 6.24. The van der Waals surface area contributed by atoms with Gasteiger partial charge < -0.3 is 14.6 Å². The molecular formula is C35H25BrF4O7. The second-order valence-electron chi connectivity index (χ2n) is 9.59. The van der Waals surface area contributed by atoms with Crippen molar-refractivity contribution in [2.45, 2.75) is 27.1 Å². The van der Waals surface area contributed by atoms with Gasteiger partial charge in [-0.05, 0) is 85.6 Å². The van der Waals surface area contributed by atoms with Crippen LogP contribution in [0.2, 0.25) is 0 Å². The van der Waals surface area contributed by atoms with E-state index in [1.807, 2.05) is 0 Å². The minimum absolute atomic E-state index is 0.0264. The number of aryl methyl sites for hydroxylation is 2. The predicted molar refractivity (Wildman–Crippen MR) is 167 cm³/mol. The van der Waals surface area contributed by atoms with Gasteiger partial charge >= 0.3 is 13.2 Å². The van der Waals surface area contributed by atoms with Crippen molar-refractivity contribution in [1.29, 1.82) is 0 Å². The fourth-order valence-corrected chi connectivity index (χ4v) is 4.47. The number of ketones is 4. The number of hydrogen-bond acceptors (Lipinski definition) is 7. The zero-order chi connectivity index (χ0) is 34.7. The fourth-order valence-electron chi connectivity index (χ4n) is 4.07. The van der Waals surface area contributed by atoms with Crippen LogP contribution < -0.4 is 9.47 Å². The first kappa shape index (κ1) is 36.3. The molecule has 4 aromatic carbocycles. The van der Waals surface area contributed by atoms with E-state index in [2.05, 4.69) is 37.2 Å². The highest BCUT2D eigenvalue weighted by molar-refractivity contribution is 9.10. The molecule has 0 spiro atoms. The van der Waals surface area contributed by atoms with Crippen LogP contribution in [-0.2, 0) is 0 Å². The topological polar surface area (TPSA) is 107 Å². The van der Waals surface area contributed by atoms with Crippen LogP contribution in [0.5, 0.6) is 11.5 Å². The van der Waals surface area contributed by atoms with Crippen LogP contribution in [0, 0.1) is 25.7 Å². The molecule has 0 bridgehead atoms. The Morgan fingerprint density at radius 1 is 0.660 bits per heavy atom. The zero-order valence-corrected chi connectivity index (χ0v) is 26.3. The molecule has 4 aromatic rings. The van der Waals surface area contributed by atoms with E-state index < -0.39 is 36.4 Å². The molecule has 0 aliphatic heterocycles. The molecule has 0 amide bonds. The SMILES string of the molecule is Cc1cc(C(=O)C(=O)c2cccc(Br)c2)ccc1OC(F)F.Cc1cc(C(=O)C(=O)c2cccc(C#CCO)c2)ccc1OC(F)F. The standard InChI is InChI=1S/C19H14F2O4.C16H11BrF2O3/c1-12-10-15(7-8-16(12)25-19(20)21)18(24)17(23)14-6-2-4-13(11-14)5-3-9-22;1-9-7-11(5-6-13(9)22-16(18)19)15(21)14(20)10-3-2-4-12(17)8-10/h2,4,6-8,10-11,19,22H,9H2,1H3;2-8,16H,1H3. The second-order valence-corrected chi connectivity index (χ2v) is 10.5. The molecule has 1 N–H and O–H groups in total. The third-order valence-corrected chi connectivity index (χ3v) is 6.74. The van der Waals surface area contributed by atoms with Gasteiger partial charge in [-0.3, -0.25) is 19.2 Å². The fraction of sp³-hybridized carbons (Fsp3) is 0.143. The molecule has 0 aliphatic rings. The molecule has 4 rings (SSSR count). The summed E-state index contributed by atoms with van der Waals surface area (Å²) in [5.74, 6) is 2.15. The van der Waals surface area contributed by atoms with Crippen LogP contribution in [0.25, 0.3) is 0 Å². The van der Waals surface area contributed by atoms with Crippen molar-refractivity contribution in [1.82, 2.24) is 0 Å². The van der Waals surface area contributed by atoms with Crippen molar-refractivity contribution < 1.29 is 51.3 Å². The number of Topliss-reactive ketones (excluding diaryl/α,β-unsaturated/α-hetero) is 4. The Labute approximate surface area is 275 Å². The quantitative estimate of drug-likeness (QED) is 0.0789. The van der Waals surface area contributed by atoms with Crippen molar-refractivity contribution >= 4 is 39.1 Å². The number of carbonyl (C=O) groups is 4. The number of alkyl halides is 4. The first-order valence-electron chi connectivity index (χ1n) is 13.5.